The van der Waals surface area contributed by atoms with Gasteiger partial charge in [0.05, 0.1) is 12.2 Å². The van der Waals surface area contributed by atoms with Crippen molar-refractivity contribution in [2.24, 2.45) is 50.7 Å². The van der Waals surface area contributed by atoms with Crippen molar-refractivity contribution in [2.45, 2.75) is 125 Å². The molecule has 9 atom stereocenters. The van der Waals surface area contributed by atoms with E-state index in [0.717, 1.165) is 37.0 Å². The van der Waals surface area contributed by atoms with Gasteiger partial charge in [0.15, 0.2) is 0 Å². The van der Waals surface area contributed by atoms with Gasteiger partial charge in [-0.25, -0.2) is 0 Å². The molecule has 2 nitrogen and oxygen atoms in total. The number of fused-ring (bicyclic) bond motifs is 5. The molecule has 0 aromatic heterocycles. The maximum Gasteiger partial charge on any atom is 0.0628 e. The Labute approximate surface area is 197 Å². The van der Waals surface area contributed by atoms with Gasteiger partial charge in [0.25, 0.3) is 0 Å². The van der Waals surface area contributed by atoms with Gasteiger partial charge < -0.3 is 10.2 Å². The van der Waals surface area contributed by atoms with E-state index < -0.39 is 0 Å². The zero-order valence-corrected chi connectivity index (χ0v) is 22.0. The molecule has 0 unspecified atom stereocenters. The van der Waals surface area contributed by atoms with Gasteiger partial charge in [0, 0.05) is 0 Å². The smallest absolute Gasteiger partial charge is 0.0628 e. The quantitative estimate of drug-likeness (QED) is 0.424. The van der Waals surface area contributed by atoms with Crippen LogP contribution in [-0.4, -0.2) is 22.4 Å². The highest BCUT2D eigenvalue weighted by Crippen LogP contribution is 2.75. The van der Waals surface area contributed by atoms with Crippen LogP contribution in [0.4, 0.5) is 0 Å². The van der Waals surface area contributed by atoms with Gasteiger partial charge in [-0.15, -0.1) is 0 Å². The van der Waals surface area contributed by atoms with Crippen molar-refractivity contribution in [1.29, 1.82) is 0 Å². The average Bonchev–Trinajstić information content (AvgIpc) is 3.06. The van der Waals surface area contributed by atoms with Crippen molar-refractivity contribution in [3.63, 3.8) is 0 Å². The summed E-state index contributed by atoms with van der Waals surface area (Å²) in [6.07, 6.45) is 14.4. The lowest BCUT2D eigenvalue weighted by atomic mass is 9.35. The van der Waals surface area contributed by atoms with E-state index in [1.54, 1.807) is 5.57 Å². The Morgan fingerprint density at radius 1 is 0.719 bits per heavy atom. The molecule has 2 N–H and O–H groups in total. The molecule has 32 heavy (non-hydrogen) atoms. The summed E-state index contributed by atoms with van der Waals surface area (Å²) in [7, 11) is 0. The third-order valence-electron chi connectivity index (χ3n) is 13.0. The van der Waals surface area contributed by atoms with E-state index in [-0.39, 0.29) is 23.0 Å². The molecule has 0 spiro atoms. The minimum absolute atomic E-state index is 0.0181. The maximum atomic E-state index is 10.9. The van der Waals surface area contributed by atoms with Gasteiger partial charge in [-0.3, -0.25) is 0 Å². The SMILES string of the molecule is CC1(C)CC([C@H]2CC[C@]3(C)[C@@H]2CC[C@@H]2[C@@]4(C)CC[C@H](O)C(C)(C)[C@@H]4CC[C@]23C)=CC[C@@H]1O. The molecule has 0 aromatic rings. The Morgan fingerprint density at radius 2 is 1.41 bits per heavy atom. The molecule has 5 aliphatic carbocycles. The van der Waals surface area contributed by atoms with Crippen LogP contribution in [-0.2, 0) is 0 Å². The predicted octanol–water partition coefficient (Wildman–Crippen LogP) is 7.14. The first-order valence-corrected chi connectivity index (χ1v) is 13.8. The fraction of sp³-hybridized carbons (Fsp3) is 0.933. The Morgan fingerprint density at radius 3 is 2.09 bits per heavy atom. The molecular weight excluding hydrogens is 392 g/mol. The third kappa shape index (κ3) is 2.90. The Hall–Kier alpha value is -0.340. The van der Waals surface area contributed by atoms with Crippen molar-refractivity contribution in [3.05, 3.63) is 11.6 Å². The lowest BCUT2D eigenvalue weighted by Crippen LogP contribution is -2.63. The first kappa shape index (κ1) is 23.4. The summed E-state index contributed by atoms with van der Waals surface area (Å²) in [6, 6.07) is 0. The molecular formula is C30H50O2. The normalized spacial score (nSPS) is 54.2. The summed E-state index contributed by atoms with van der Waals surface area (Å²) in [5.41, 5.74) is 2.96. The van der Waals surface area contributed by atoms with Crippen LogP contribution in [0, 0.1) is 50.7 Å². The number of aliphatic hydroxyl groups is 2. The molecule has 0 saturated heterocycles. The van der Waals surface area contributed by atoms with E-state index in [2.05, 4.69) is 54.5 Å². The van der Waals surface area contributed by atoms with Crippen LogP contribution in [0.3, 0.4) is 0 Å². The van der Waals surface area contributed by atoms with Crippen molar-refractivity contribution < 1.29 is 10.2 Å². The molecule has 2 heteroatoms. The predicted molar refractivity (Wildman–Crippen MR) is 132 cm³/mol. The largest absolute Gasteiger partial charge is 0.393 e. The molecule has 0 aliphatic heterocycles. The average molecular weight is 443 g/mol. The van der Waals surface area contributed by atoms with E-state index in [0.29, 0.717) is 22.2 Å². The van der Waals surface area contributed by atoms with Crippen LogP contribution in [0.25, 0.3) is 0 Å². The number of hydrogen-bond acceptors (Lipinski definition) is 2. The number of hydrogen-bond donors (Lipinski definition) is 2. The lowest BCUT2D eigenvalue weighted by Gasteiger charge is -2.69. The molecule has 0 amide bonds. The summed E-state index contributed by atoms with van der Waals surface area (Å²) in [6.45, 7) is 17.2. The van der Waals surface area contributed by atoms with E-state index in [4.69, 9.17) is 0 Å². The van der Waals surface area contributed by atoms with Crippen molar-refractivity contribution >= 4 is 0 Å². The van der Waals surface area contributed by atoms with Crippen LogP contribution in [0.1, 0.15) is 113 Å². The van der Waals surface area contributed by atoms with E-state index in [9.17, 15) is 10.2 Å². The van der Waals surface area contributed by atoms with Gasteiger partial charge in [0.2, 0.25) is 0 Å². The molecule has 0 radical (unpaired) electrons. The van der Waals surface area contributed by atoms with Crippen LogP contribution in [0.2, 0.25) is 0 Å². The molecule has 182 valence electrons. The van der Waals surface area contributed by atoms with Crippen LogP contribution < -0.4 is 0 Å². The van der Waals surface area contributed by atoms with Crippen molar-refractivity contribution in [2.75, 3.05) is 0 Å². The molecule has 4 fully saturated rings. The summed E-state index contributed by atoms with van der Waals surface area (Å²) < 4.78 is 0. The van der Waals surface area contributed by atoms with Crippen molar-refractivity contribution in [3.8, 4) is 0 Å². The monoisotopic (exact) mass is 442 g/mol. The summed E-state index contributed by atoms with van der Waals surface area (Å²) in [5, 5.41) is 21.4. The maximum absolute atomic E-state index is 10.9. The zero-order valence-electron chi connectivity index (χ0n) is 22.0. The first-order valence-electron chi connectivity index (χ1n) is 13.8. The third-order valence-corrected chi connectivity index (χ3v) is 13.0. The van der Waals surface area contributed by atoms with Crippen LogP contribution >= 0.6 is 0 Å². The molecule has 4 saturated carbocycles. The van der Waals surface area contributed by atoms with Crippen LogP contribution in [0.15, 0.2) is 11.6 Å². The molecule has 0 bridgehead atoms. The Kier molecular flexibility index (Phi) is 5.19. The minimum Gasteiger partial charge on any atom is -0.393 e. The Balaban J connectivity index is 1.46. The van der Waals surface area contributed by atoms with Crippen molar-refractivity contribution in [1.82, 2.24) is 0 Å². The molecule has 5 rings (SSSR count). The fourth-order valence-corrected chi connectivity index (χ4v) is 10.8. The first-order chi connectivity index (χ1) is 14.8. The van der Waals surface area contributed by atoms with Crippen LogP contribution in [0.5, 0.6) is 0 Å². The topological polar surface area (TPSA) is 40.5 Å². The van der Waals surface area contributed by atoms with Gasteiger partial charge in [-0.2, -0.15) is 0 Å². The van der Waals surface area contributed by atoms with E-state index in [1.807, 2.05) is 0 Å². The second-order valence-electron chi connectivity index (χ2n) is 14.9. The molecule has 0 heterocycles. The highest BCUT2D eigenvalue weighted by Gasteiger charge is 2.68. The fourth-order valence-electron chi connectivity index (χ4n) is 10.8. The van der Waals surface area contributed by atoms with Gasteiger partial charge in [-0.1, -0.05) is 60.1 Å². The standard InChI is InChI=1S/C30H50O2/c1-26(2)18-19(8-11-24(26)31)20-12-16-29(6)21(20)9-10-23-28(5)15-14-25(32)27(3,4)22(28)13-17-30(23,29)7/h8,20-25,31-32H,9-18H2,1-7H3/t20-,21-,22+,23-,24+,25+,28+,29-,30-/m1/s1. The lowest BCUT2D eigenvalue weighted by molar-refractivity contribution is -0.220. The van der Waals surface area contributed by atoms with E-state index >= 15 is 0 Å². The zero-order chi connectivity index (χ0) is 23.3. The summed E-state index contributed by atoms with van der Waals surface area (Å²) in [4.78, 5) is 0. The highest BCUT2D eigenvalue weighted by atomic mass is 16.3. The minimum atomic E-state index is -0.187. The Bertz CT molecular complexity index is 795. The second-order valence-corrected chi connectivity index (χ2v) is 14.9. The number of rotatable bonds is 1. The van der Waals surface area contributed by atoms with Gasteiger partial charge in [0.1, 0.15) is 0 Å². The number of aliphatic hydroxyl groups excluding tert-OH is 2. The van der Waals surface area contributed by atoms with E-state index in [1.165, 1.54) is 44.9 Å². The number of allylic oxidation sites excluding steroid dienone is 1. The summed E-state index contributed by atoms with van der Waals surface area (Å²) in [5.74, 6) is 2.99. The highest BCUT2D eigenvalue weighted by molar-refractivity contribution is 5.24. The van der Waals surface area contributed by atoms with Gasteiger partial charge in [-0.05, 0) is 115 Å². The van der Waals surface area contributed by atoms with Gasteiger partial charge >= 0.3 is 0 Å². The molecule has 5 aliphatic rings. The second kappa shape index (κ2) is 7.09. The molecule has 0 aromatic carbocycles. The summed E-state index contributed by atoms with van der Waals surface area (Å²) >= 11 is 0.